The second-order valence-electron chi connectivity index (χ2n) is 5.55. The van der Waals surface area contributed by atoms with Crippen LogP contribution in [0.2, 0.25) is 0 Å². The van der Waals surface area contributed by atoms with E-state index in [1.165, 1.54) is 19.4 Å². The Balaban J connectivity index is 2.41. The number of carboxylic acids is 2. The number of nitrogens with one attached hydrogen (secondary N) is 3. The van der Waals surface area contributed by atoms with Gasteiger partial charge in [0.2, 0.25) is 11.8 Å². The van der Waals surface area contributed by atoms with E-state index in [0.29, 0.717) is 18.5 Å². The van der Waals surface area contributed by atoms with E-state index in [-0.39, 0.29) is 19.3 Å². The van der Waals surface area contributed by atoms with Crippen LogP contribution in [-0.2, 0) is 25.6 Å². The van der Waals surface area contributed by atoms with Crippen LogP contribution < -0.4 is 10.6 Å². The Bertz CT molecular complexity index is 601. The Morgan fingerprint density at radius 2 is 1.84 bits per heavy atom. The highest BCUT2D eigenvalue weighted by molar-refractivity contribution is 5.90. The van der Waals surface area contributed by atoms with E-state index in [2.05, 4.69) is 20.6 Å². The molecule has 10 heteroatoms. The Morgan fingerprint density at radius 3 is 2.40 bits per heavy atom. The number of aromatic amines is 1. The molecule has 0 fully saturated rings. The summed E-state index contributed by atoms with van der Waals surface area (Å²) in [6.07, 6.45) is 3.79. The molecule has 0 unspecified atom stereocenters. The molecular formula is C15H22N4O6. The van der Waals surface area contributed by atoms with Gasteiger partial charge in [0.05, 0.1) is 12.0 Å². The van der Waals surface area contributed by atoms with Crippen molar-refractivity contribution in [3.8, 4) is 0 Å². The van der Waals surface area contributed by atoms with Crippen molar-refractivity contribution in [2.24, 2.45) is 0 Å². The summed E-state index contributed by atoms with van der Waals surface area (Å²) < 4.78 is 0. The summed E-state index contributed by atoms with van der Waals surface area (Å²) in [5, 5.41) is 22.5. The average molecular weight is 354 g/mol. The molecule has 1 rings (SSSR count). The molecule has 0 aliphatic carbocycles. The Hall–Kier alpha value is -2.91. The van der Waals surface area contributed by atoms with Gasteiger partial charge in [-0.3, -0.25) is 14.4 Å². The fourth-order valence-corrected chi connectivity index (χ4v) is 2.05. The van der Waals surface area contributed by atoms with Crippen molar-refractivity contribution in [1.29, 1.82) is 0 Å². The predicted octanol–water partition coefficient (Wildman–Crippen LogP) is -0.329. The van der Waals surface area contributed by atoms with Crippen molar-refractivity contribution in [3.05, 3.63) is 18.2 Å². The molecule has 1 aromatic rings. The zero-order valence-corrected chi connectivity index (χ0v) is 13.8. The number of H-pyrrole nitrogens is 1. The lowest BCUT2D eigenvalue weighted by atomic mass is 10.1. The summed E-state index contributed by atoms with van der Waals surface area (Å²) in [5.41, 5.74) is 0.489. The standard InChI is InChI=1S/C15H22N4O6/c1-9(18-12(20)4-2-3-5-13(21)22)14(23)19-11(15(24)25)6-10-7-16-8-17-10/h7-9,11H,2-6H2,1H3,(H,16,17)(H,18,20)(H,19,23)(H,21,22)(H,24,25)/t9-,11-/m1/s1. The van der Waals surface area contributed by atoms with Gasteiger partial charge in [0.25, 0.3) is 0 Å². The fourth-order valence-electron chi connectivity index (χ4n) is 2.05. The molecule has 0 saturated heterocycles. The highest BCUT2D eigenvalue weighted by Gasteiger charge is 2.24. The number of amides is 2. The minimum Gasteiger partial charge on any atom is -0.481 e. The lowest BCUT2D eigenvalue weighted by Crippen LogP contribution is -2.51. The van der Waals surface area contributed by atoms with Crippen LogP contribution in [0.1, 0.15) is 38.3 Å². The van der Waals surface area contributed by atoms with Gasteiger partial charge in [-0.25, -0.2) is 9.78 Å². The molecule has 2 amide bonds. The number of aromatic nitrogens is 2. The Labute approximate surface area is 144 Å². The number of carbonyl (C=O) groups is 4. The number of rotatable bonds is 11. The van der Waals surface area contributed by atoms with Gasteiger partial charge < -0.3 is 25.8 Å². The monoisotopic (exact) mass is 354 g/mol. The van der Waals surface area contributed by atoms with E-state index in [1.54, 1.807) is 0 Å². The molecule has 5 N–H and O–H groups in total. The number of carboxylic acid groups (broad SMARTS) is 2. The van der Waals surface area contributed by atoms with Crippen LogP contribution in [0.5, 0.6) is 0 Å². The number of unbranched alkanes of at least 4 members (excludes halogenated alkanes) is 1. The summed E-state index contributed by atoms with van der Waals surface area (Å²) in [4.78, 5) is 52.0. The third-order valence-electron chi connectivity index (χ3n) is 3.40. The van der Waals surface area contributed by atoms with Crippen LogP contribution in [0, 0.1) is 0 Å². The molecule has 0 aromatic carbocycles. The highest BCUT2D eigenvalue weighted by Crippen LogP contribution is 2.02. The number of imidazole rings is 1. The third kappa shape index (κ3) is 7.95. The molecule has 138 valence electrons. The van der Waals surface area contributed by atoms with Crippen LogP contribution in [0.25, 0.3) is 0 Å². The van der Waals surface area contributed by atoms with E-state index in [9.17, 15) is 24.3 Å². The lowest BCUT2D eigenvalue weighted by Gasteiger charge is -2.18. The number of nitrogens with zero attached hydrogens (tertiary/aromatic N) is 1. The average Bonchev–Trinajstić information content (AvgIpc) is 3.03. The first kappa shape index (κ1) is 20.1. The molecule has 1 aromatic heterocycles. The van der Waals surface area contributed by atoms with E-state index in [4.69, 9.17) is 5.11 Å². The second kappa shape index (κ2) is 10.1. The molecule has 0 spiro atoms. The van der Waals surface area contributed by atoms with Crippen LogP contribution in [0.4, 0.5) is 0 Å². The maximum Gasteiger partial charge on any atom is 0.326 e. The minimum atomic E-state index is -1.21. The second-order valence-corrected chi connectivity index (χ2v) is 5.55. The van der Waals surface area contributed by atoms with E-state index in [0.717, 1.165) is 0 Å². The quantitative estimate of drug-likeness (QED) is 0.340. The van der Waals surface area contributed by atoms with Crippen LogP contribution in [0.3, 0.4) is 0 Å². The minimum absolute atomic E-state index is 0.0143. The summed E-state index contributed by atoms with van der Waals surface area (Å²) >= 11 is 0. The maximum absolute atomic E-state index is 12.0. The molecule has 0 saturated carbocycles. The first-order chi connectivity index (χ1) is 11.8. The van der Waals surface area contributed by atoms with E-state index < -0.39 is 35.8 Å². The maximum atomic E-state index is 12.0. The van der Waals surface area contributed by atoms with Gasteiger partial charge in [0.15, 0.2) is 0 Å². The van der Waals surface area contributed by atoms with Crippen molar-refractivity contribution in [1.82, 2.24) is 20.6 Å². The normalized spacial score (nSPS) is 12.8. The van der Waals surface area contributed by atoms with Crippen LogP contribution >= 0.6 is 0 Å². The van der Waals surface area contributed by atoms with E-state index >= 15 is 0 Å². The van der Waals surface area contributed by atoms with Crippen molar-refractivity contribution >= 4 is 23.8 Å². The molecule has 0 bridgehead atoms. The predicted molar refractivity (Wildman–Crippen MR) is 85.6 cm³/mol. The Morgan fingerprint density at radius 1 is 1.16 bits per heavy atom. The number of hydrogen-bond acceptors (Lipinski definition) is 5. The van der Waals surface area contributed by atoms with Crippen LogP contribution in [0.15, 0.2) is 12.5 Å². The summed E-state index contributed by atoms with van der Waals surface area (Å²) in [6.45, 7) is 1.44. The fraction of sp³-hybridized carbons (Fsp3) is 0.533. The zero-order chi connectivity index (χ0) is 18.8. The molecular weight excluding hydrogens is 332 g/mol. The number of carbonyl (C=O) groups excluding carboxylic acids is 2. The van der Waals surface area contributed by atoms with Gasteiger partial charge in [0.1, 0.15) is 12.1 Å². The van der Waals surface area contributed by atoms with Crippen molar-refractivity contribution in [2.75, 3.05) is 0 Å². The molecule has 0 aliphatic heterocycles. The summed E-state index contributed by atoms with van der Waals surface area (Å²) in [7, 11) is 0. The lowest BCUT2D eigenvalue weighted by molar-refractivity contribution is -0.142. The molecule has 25 heavy (non-hydrogen) atoms. The molecule has 0 aliphatic rings. The van der Waals surface area contributed by atoms with Gasteiger partial charge in [-0.05, 0) is 19.8 Å². The highest BCUT2D eigenvalue weighted by atomic mass is 16.4. The topological polar surface area (TPSA) is 161 Å². The van der Waals surface area contributed by atoms with Gasteiger partial charge in [0, 0.05) is 25.5 Å². The third-order valence-corrected chi connectivity index (χ3v) is 3.40. The van der Waals surface area contributed by atoms with E-state index in [1.807, 2.05) is 0 Å². The smallest absolute Gasteiger partial charge is 0.326 e. The molecule has 0 radical (unpaired) electrons. The number of aliphatic carboxylic acids is 2. The summed E-state index contributed by atoms with van der Waals surface area (Å²) in [6, 6.07) is -2.07. The van der Waals surface area contributed by atoms with Gasteiger partial charge in [-0.2, -0.15) is 0 Å². The van der Waals surface area contributed by atoms with Crippen molar-refractivity contribution in [3.63, 3.8) is 0 Å². The first-order valence-electron chi connectivity index (χ1n) is 7.81. The zero-order valence-electron chi connectivity index (χ0n) is 13.8. The first-order valence-corrected chi connectivity index (χ1v) is 7.81. The van der Waals surface area contributed by atoms with Crippen LogP contribution in [-0.4, -0.2) is 56.0 Å². The summed E-state index contributed by atoms with van der Waals surface area (Å²) in [5.74, 6) is -3.15. The largest absolute Gasteiger partial charge is 0.481 e. The SMILES string of the molecule is C[C@@H](NC(=O)CCCCC(=O)O)C(=O)N[C@H](Cc1c[nH]cn1)C(=O)O. The number of hydrogen-bond donors (Lipinski definition) is 5. The van der Waals surface area contributed by atoms with Crippen molar-refractivity contribution in [2.45, 2.75) is 51.1 Å². The van der Waals surface area contributed by atoms with Gasteiger partial charge in [-0.1, -0.05) is 0 Å². The molecule has 10 nitrogen and oxygen atoms in total. The van der Waals surface area contributed by atoms with Gasteiger partial charge in [-0.15, -0.1) is 0 Å². The molecule has 2 atom stereocenters. The Kier molecular flexibility index (Phi) is 8.10. The van der Waals surface area contributed by atoms with Crippen molar-refractivity contribution < 1.29 is 29.4 Å². The molecule has 1 heterocycles. The van der Waals surface area contributed by atoms with Gasteiger partial charge >= 0.3 is 11.9 Å².